The van der Waals surface area contributed by atoms with Gasteiger partial charge in [-0.15, -0.1) is 11.3 Å². The fraction of sp³-hybridized carbons (Fsp3) is 0.0556. The van der Waals surface area contributed by atoms with Gasteiger partial charge in [0.25, 0.3) is 17.7 Å². The molecule has 0 unspecified atom stereocenters. The van der Waals surface area contributed by atoms with Crippen molar-refractivity contribution in [1.82, 2.24) is 4.90 Å². The predicted octanol–water partition coefficient (Wildman–Crippen LogP) is 9.75. The molecule has 3 aliphatic rings. The third kappa shape index (κ3) is 10.7. The van der Waals surface area contributed by atoms with E-state index in [-0.39, 0.29) is 32.4 Å². The van der Waals surface area contributed by atoms with Gasteiger partial charge < -0.3 is 22.2 Å². The summed E-state index contributed by atoms with van der Waals surface area (Å²) < 4.78 is 44.5. The van der Waals surface area contributed by atoms with Crippen LogP contribution in [-0.4, -0.2) is 47.8 Å². The van der Waals surface area contributed by atoms with Crippen LogP contribution in [-0.2, 0) is 33.2 Å². The lowest BCUT2D eigenvalue weighted by Gasteiger charge is -2.14. The molecule has 2 aromatic carbocycles. The lowest BCUT2D eigenvalue weighted by atomic mass is 10.1. The van der Waals surface area contributed by atoms with Gasteiger partial charge in [-0.2, -0.15) is 13.2 Å². The van der Waals surface area contributed by atoms with Crippen molar-refractivity contribution in [2.24, 2.45) is 4.99 Å². The summed E-state index contributed by atoms with van der Waals surface area (Å²) in [7, 11) is 1.68. The predicted molar refractivity (Wildman–Crippen MR) is 224 cm³/mol. The summed E-state index contributed by atoms with van der Waals surface area (Å²) in [5.41, 5.74) is -0.272. The third-order valence-electron chi connectivity index (χ3n) is 6.89. The van der Waals surface area contributed by atoms with E-state index in [1.807, 2.05) is 35.7 Å². The number of alkyl halides is 3. The monoisotopic (exact) mass is 858 g/mol. The minimum Gasteiger partial charge on any atom is -0.753 e. The van der Waals surface area contributed by atoms with Crippen molar-refractivity contribution >= 4 is 138 Å². The summed E-state index contributed by atoms with van der Waals surface area (Å²) in [6, 6.07) is 19.1. The Balaban J connectivity index is 0.000000157. The number of thioether (sulfide) groups is 3. The number of halogens is 3. The number of anilines is 1. The molecule has 1 N–H and O–H groups in total. The molecular formula is C36H23F3N3O5S7-. The van der Waals surface area contributed by atoms with Gasteiger partial charge in [0, 0.05) is 18.0 Å². The zero-order chi connectivity index (χ0) is 39.0. The van der Waals surface area contributed by atoms with Crippen molar-refractivity contribution in [1.29, 1.82) is 0 Å². The molecule has 2 fully saturated rings. The van der Waals surface area contributed by atoms with Crippen molar-refractivity contribution in [2.75, 3.05) is 11.9 Å². The second-order valence-electron chi connectivity index (χ2n) is 10.6. The van der Waals surface area contributed by atoms with Gasteiger partial charge in [-0.3, -0.25) is 24.2 Å². The largest absolute Gasteiger partial charge is 0.753 e. The quantitative estimate of drug-likeness (QED) is 0.118. The SMILES string of the molecule is CN1C(=O)/C(=C\C=C\c2ccco2)SC1=S.O=C1/C(=C\c2cccs2)SC(=S)N1c1cccc(O)c1.O=C1N=C([S-])S/C1=C/c1ccccc1C(F)(F)F. The van der Waals surface area contributed by atoms with Crippen LogP contribution in [0.15, 0.2) is 121 Å². The molecule has 2 aromatic heterocycles. The number of aromatic hydroxyl groups is 1. The van der Waals surface area contributed by atoms with Crippen molar-refractivity contribution in [3.8, 4) is 5.75 Å². The molecule has 0 saturated carbocycles. The smallest absolute Gasteiger partial charge is 0.416 e. The van der Waals surface area contributed by atoms with Crippen molar-refractivity contribution in [3.05, 3.63) is 133 Å². The maximum absolute atomic E-state index is 12.7. The second-order valence-corrected chi connectivity index (χ2v) is 16.6. The zero-order valence-electron chi connectivity index (χ0n) is 27.4. The van der Waals surface area contributed by atoms with Crippen LogP contribution >= 0.6 is 71.1 Å². The van der Waals surface area contributed by atoms with Crippen LogP contribution < -0.4 is 4.90 Å². The maximum Gasteiger partial charge on any atom is 0.416 e. The normalized spacial score (nSPS) is 18.2. The molecule has 18 heteroatoms. The number of nitrogens with zero attached hydrogens (tertiary/aromatic N) is 3. The number of thiophene rings is 1. The Hall–Kier alpha value is -4.30. The van der Waals surface area contributed by atoms with Gasteiger partial charge in [-0.25, -0.2) is 4.99 Å². The van der Waals surface area contributed by atoms with E-state index in [1.54, 1.807) is 61.1 Å². The molecule has 0 spiro atoms. The summed E-state index contributed by atoms with van der Waals surface area (Å²) in [4.78, 5) is 44.1. The lowest BCUT2D eigenvalue weighted by molar-refractivity contribution is -0.137. The number of amides is 3. The number of rotatable bonds is 5. The van der Waals surface area contributed by atoms with E-state index in [9.17, 15) is 32.7 Å². The minimum absolute atomic E-state index is 0.0564. The number of furan rings is 1. The van der Waals surface area contributed by atoms with Crippen LogP contribution in [0.25, 0.3) is 18.2 Å². The Morgan fingerprint density at radius 3 is 2.24 bits per heavy atom. The number of thiocarbonyl (C=S) groups is 2. The maximum atomic E-state index is 12.7. The highest BCUT2D eigenvalue weighted by molar-refractivity contribution is 8.30. The van der Waals surface area contributed by atoms with Crippen LogP contribution in [0.4, 0.5) is 18.9 Å². The first kappa shape index (κ1) is 40.9. The molecule has 2 saturated heterocycles. The topological polar surface area (TPSA) is 103 Å². The van der Waals surface area contributed by atoms with E-state index >= 15 is 0 Å². The van der Waals surface area contributed by atoms with Gasteiger partial charge >= 0.3 is 6.18 Å². The van der Waals surface area contributed by atoms with E-state index in [2.05, 4.69) is 4.99 Å². The minimum atomic E-state index is -4.46. The number of phenolic OH excluding ortho intramolecular Hbond substituents is 1. The molecule has 0 aliphatic carbocycles. The molecule has 3 aliphatic heterocycles. The molecule has 0 bridgehead atoms. The number of phenols is 1. The van der Waals surface area contributed by atoms with E-state index in [1.165, 1.54) is 63.7 Å². The summed E-state index contributed by atoms with van der Waals surface area (Å²) in [6.45, 7) is 0. The van der Waals surface area contributed by atoms with Gasteiger partial charge in [-0.1, -0.05) is 96.1 Å². The Labute approximate surface area is 340 Å². The summed E-state index contributed by atoms with van der Waals surface area (Å²) in [5.74, 6) is 0.0575. The first-order valence-electron chi connectivity index (χ1n) is 15.1. The van der Waals surface area contributed by atoms with Crippen LogP contribution in [0, 0.1) is 0 Å². The highest BCUT2D eigenvalue weighted by Crippen LogP contribution is 2.38. The molecular weight excluding hydrogens is 836 g/mol. The Kier molecular flexibility index (Phi) is 13.9. The summed E-state index contributed by atoms with van der Waals surface area (Å²) in [5, 5.41) is 11.5. The molecule has 3 amide bonds. The number of benzene rings is 2. The summed E-state index contributed by atoms with van der Waals surface area (Å²) in [6.07, 6.45) is 5.46. The average molecular weight is 859 g/mol. The first-order chi connectivity index (χ1) is 25.7. The fourth-order valence-electron chi connectivity index (χ4n) is 4.41. The number of likely N-dealkylation sites (N-methyl/N-ethyl adjacent to an activating group) is 1. The van der Waals surface area contributed by atoms with Crippen molar-refractivity contribution in [2.45, 2.75) is 6.18 Å². The van der Waals surface area contributed by atoms with Gasteiger partial charge in [0.2, 0.25) is 0 Å². The Bertz CT molecular complexity index is 2250. The van der Waals surface area contributed by atoms with Gasteiger partial charge in [0.15, 0.2) is 4.32 Å². The number of carbonyl (C=O) groups excluding carboxylic acids is 3. The number of aliphatic imine (C=N–C) groups is 1. The van der Waals surface area contributed by atoms with E-state index in [0.717, 1.165) is 28.5 Å². The highest BCUT2D eigenvalue weighted by atomic mass is 32.2. The first-order valence-corrected chi connectivity index (χ1v) is 19.6. The number of allylic oxidation sites excluding steroid dienone is 2. The van der Waals surface area contributed by atoms with Gasteiger partial charge in [-0.05, 0) is 76.0 Å². The van der Waals surface area contributed by atoms with Crippen LogP contribution in [0.2, 0.25) is 0 Å². The molecule has 5 heterocycles. The zero-order valence-corrected chi connectivity index (χ0v) is 33.1. The van der Waals surface area contributed by atoms with E-state index in [0.29, 0.717) is 24.1 Å². The van der Waals surface area contributed by atoms with Gasteiger partial charge in [0.1, 0.15) is 15.8 Å². The highest BCUT2D eigenvalue weighted by Gasteiger charge is 2.34. The molecule has 0 radical (unpaired) electrons. The molecule has 8 nitrogen and oxygen atoms in total. The third-order valence-corrected chi connectivity index (χ3v) is 11.6. The van der Waals surface area contributed by atoms with Crippen molar-refractivity contribution in [3.63, 3.8) is 0 Å². The number of hydrogen-bond acceptors (Lipinski definition) is 12. The Morgan fingerprint density at radius 1 is 0.870 bits per heavy atom. The van der Waals surface area contributed by atoms with Gasteiger partial charge in [0.05, 0.1) is 32.2 Å². The van der Waals surface area contributed by atoms with E-state index < -0.39 is 17.6 Å². The molecule has 0 atom stereocenters. The molecule has 276 valence electrons. The number of hydrogen-bond donors (Lipinski definition) is 1. The lowest BCUT2D eigenvalue weighted by Crippen LogP contribution is -2.27. The van der Waals surface area contributed by atoms with Crippen LogP contribution in [0.1, 0.15) is 21.8 Å². The average Bonchev–Trinajstić information content (AvgIpc) is 3.97. The van der Waals surface area contributed by atoms with Crippen LogP contribution in [0.5, 0.6) is 5.75 Å². The van der Waals surface area contributed by atoms with Crippen molar-refractivity contribution < 1.29 is 37.1 Å². The molecule has 7 rings (SSSR count). The summed E-state index contributed by atoms with van der Waals surface area (Å²) >= 11 is 20.0. The molecule has 4 aromatic rings. The molecule has 54 heavy (non-hydrogen) atoms. The standard InChI is InChI=1S/C14H9NO2S3.C11H6F3NOS2.C11H9NO2S2/c16-10-4-1-3-9(7-10)15-13(17)12(20-14(15)18)8-11-5-2-6-19-11;12-11(13,14)7-4-2-1-3-6(7)5-8-9(16)15-10(17)18-8;1-12-10(13)9(16-11(12)15)6-2-4-8-5-3-7-14-8/h1-8,16H;1-5H,(H,15,16,17);2-7H,1H3/p-1/b12-8+;8-5+;4-2+,9-6+. The fourth-order valence-corrected chi connectivity index (χ4v) is 8.55. The number of carbonyl (C=O) groups is 3. The second kappa shape index (κ2) is 18.4. The van der Waals surface area contributed by atoms with E-state index in [4.69, 9.17) is 41.5 Å². The Morgan fingerprint density at radius 2 is 1.63 bits per heavy atom. The van der Waals surface area contributed by atoms with Crippen LogP contribution in [0.3, 0.4) is 0 Å².